The molecule has 3 fully saturated rings. The predicted molar refractivity (Wildman–Crippen MR) is 156 cm³/mol. The van der Waals surface area contributed by atoms with Crippen LogP contribution in [0.5, 0.6) is 5.75 Å². The molecule has 12 nitrogen and oxygen atoms in total. The molecule has 3 aliphatic rings. The number of amides is 2. The number of hydrogen-bond donors (Lipinski definition) is 2. The zero-order valence-electron chi connectivity index (χ0n) is 25.0. The van der Waals surface area contributed by atoms with Crippen molar-refractivity contribution in [2.75, 3.05) is 53.0 Å². The fraction of sp³-hybridized carbons (Fsp3) is 0.567. The molecule has 2 N–H and O–H groups in total. The lowest BCUT2D eigenvalue weighted by Gasteiger charge is -2.44. The number of carboxylic acids is 1. The molecule has 3 aromatic rings. The van der Waals surface area contributed by atoms with Crippen LogP contribution in [0.4, 0.5) is 18.0 Å². The van der Waals surface area contributed by atoms with Crippen LogP contribution in [0.15, 0.2) is 34.9 Å². The fourth-order valence-electron chi connectivity index (χ4n) is 6.29. The van der Waals surface area contributed by atoms with E-state index in [9.17, 15) is 18.0 Å². The number of piperidine rings is 1. The fourth-order valence-corrected chi connectivity index (χ4v) is 6.29. The molecule has 0 atom stereocenters. The van der Waals surface area contributed by atoms with Crippen molar-refractivity contribution in [3.8, 4) is 17.3 Å². The van der Waals surface area contributed by atoms with Gasteiger partial charge in [-0.1, -0.05) is 24.1 Å². The molecule has 1 saturated carbocycles. The molecule has 0 bridgehead atoms. The third-order valence-electron chi connectivity index (χ3n) is 8.74. The van der Waals surface area contributed by atoms with E-state index < -0.39 is 12.1 Å². The van der Waals surface area contributed by atoms with Crippen molar-refractivity contribution in [2.24, 2.45) is 0 Å². The Morgan fingerprint density at radius 1 is 1.07 bits per heavy atom. The molecule has 1 aromatic carbocycles. The third-order valence-corrected chi connectivity index (χ3v) is 8.74. The minimum Gasteiger partial charge on any atom is -0.496 e. The molecule has 244 valence electrons. The number of nitrogens with one attached hydrogen (secondary N) is 1. The van der Waals surface area contributed by atoms with Crippen molar-refractivity contribution in [2.45, 2.75) is 56.2 Å². The Hall–Kier alpha value is -3.98. The van der Waals surface area contributed by atoms with Crippen LogP contribution in [0.2, 0.25) is 0 Å². The van der Waals surface area contributed by atoms with Crippen LogP contribution in [-0.2, 0) is 9.53 Å². The topological polar surface area (TPSA) is 143 Å². The number of carboxylic acid groups (broad SMARTS) is 1. The number of nitrogens with zero attached hydrogens (tertiary/aromatic N) is 5. The highest BCUT2D eigenvalue weighted by Gasteiger charge is 2.41. The number of fused-ring (bicyclic) bond motifs is 1. The van der Waals surface area contributed by atoms with Gasteiger partial charge in [0.2, 0.25) is 11.7 Å². The molecule has 0 unspecified atom stereocenters. The second-order valence-electron chi connectivity index (χ2n) is 11.4. The Balaban J connectivity index is 0.000000515. The maximum atomic E-state index is 13.1. The summed E-state index contributed by atoms with van der Waals surface area (Å²) >= 11 is 0. The highest BCUT2D eigenvalue weighted by atomic mass is 19.4. The van der Waals surface area contributed by atoms with Crippen LogP contribution >= 0.6 is 0 Å². The SMILES string of the molecule is COc1cccc2nc(-c3noc(C4CCN(C(=O)NCC5(N6CCOCC6)CCCC5)CC4)n3)ccc12.O=C(O)C(F)(F)F. The first-order valence-corrected chi connectivity index (χ1v) is 15.0. The van der Waals surface area contributed by atoms with Gasteiger partial charge < -0.3 is 29.3 Å². The summed E-state index contributed by atoms with van der Waals surface area (Å²) in [5, 5.41) is 15.5. The maximum Gasteiger partial charge on any atom is 0.490 e. The van der Waals surface area contributed by atoms with Gasteiger partial charge in [0.1, 0.15) is 11.4 Å². The lowest BCUT2D eigenvalue weighted by Crippen LogP contribution is -2.58. The summed E-state index contributed by atoms with van der Waals surface area (Å²) in [4.78, 5) is 35.8. The maximum absolute atomic E-state index is 13.1. The van der Waals surface area contributed by atoms with Gasteiger partial charge in [0.05, 0.1) is 25.8 Å². The summed E-state index contributed by atoms with van der Waals surface area (Å²) < 4.78 is 48.4. The first kappa shape index (κ1) is 32.4. The molecule has 2 aromatic heterocycles. The van der Waals surface area contributed by atoms with E-state index in [1.165, 1.54) is 12.8 Å². The smallest absolute Gasteiger partial charge is 0.490 e. The highest BCUT2D eigenvalue weighted by Crippen LogP contribution is 2.36. The van der Waals surface area contributed by atoms with Gasteiger partial charge in [-0.15, -0.1) is 0 Å². The van der Waals surface area contributed by atoms with Gasteiger partial charge in [0, 0.05) is 49.6 Å². The number of hydrogen-bond acceptors (Lipinski definition) is 9. The Morgan fingerprint density at radius 3 is 2.40 bits per heavy atom. The van der Waals surface area contributed by atoms with Gasteiger partial charge in [-0.25, -0.2) is 14.6 Å². The van der Waals surface area contributed by atoms with Crippen LogP contribution in [-0.4, -0.2) is 107 Å². The summed E-state index contributed by atoms with van der Waals surface area (Å²) in [5.41, 5.74) is 1.57. The average molecular weight is 635 g/mol. The normalized spacial score (nSPS) is 19.2. The quantitative estimate of drug-likeness (QED) is 0.399. The first-order chi connectivity index (χ1) is 21.6. The van der Waals surface area contributed by atoms with Crippen molar-refractivity contribution in [3.05, 3.63) is 36.2 Å². The molecule has 6 rings (SSSR count). The Labute approximate surface area is 257 Å². The number of halogens is 3. The number of urea groups is 1. The highest BCUT2D eigenvalue weighted by molar-refractivity contribution is 5.86. The second kappa shape index (κ2) is 14.0. The van der Waals surface area contributed by atoms with Crippen molar-refractivity contribution >= 4 is 22.9 Å². The van der Waals surface area contributed by atoms with Gasteiger partial charge in [0.25, 0.3) is 0 Å². The van der Waals surface area contributed by atoms with E-state index in [1.807, 2.05) is 35.2 Å². The van der Waals surface area contributed by atoms with E-state index in [4.69, 9.17) is 28.9 Å². The number of benzene rings is 1. The van der Waals surface area contributed by atoms with E-state index in [2.05, 4.69) is 20.4 Å². The molecule has 0 radical (unpaired) electrons. The molecule has 1 aliphatic carbocycles. The van der Waals surface area contributed by atoms with Crippen LogP contribution < -0.4 is 10.1 Å². The van der Waals surface area contributed by atoms with Gasteiger partial charge in [-0.05, 0) is 49.9 Å². The molecule has 0 spiro atoms. The monoisotopic (exact) mass is 634 g/mol. The van der Waals surface area contributed by atoms with E-state index in [-0.39, 0.29) is 17.5 Å². The number of carbonyl (C=O) groups excluding carboxylic acids is 1. The summed E-state index contributed by atoms with van der Waals surface area (Å²) in [6.45, 7) is 5.54. The number of rotatable bonds is 6. The molecule has 45 heavy (non-hydrogen) atoms. The standard InChI is InChI=1S/C28H36N6O4.C2HF3O2/c1-36-24-6-4-5-22-21(24)7-8-23(30-22)25-31-26(38-32-25)20-9-13-33(14-10-20)27(35)29-19-28(11-2-3-12-28)34-15-17-37-18-16-34;3-2(4,5)1(6)7/h4-8,20H,2-3,9-19H2,1H3,(H,29,35);(H,6,7). The number of morpholine rings is 1. The number of likely N-dealkylation sites (tertiary alicyclic amines) is 1. The minimum atomic E-state index is -5.08. The Bertz CT molecular complexity index is 1460. The molecule has 2 aliphatic heterocycles. The van der Waals surface area contributed by atoms with Crippen molar-refractivity contribution in [1.82, 2.24) is 30.2 Å². The number of ether oxygens (including phenoxy) is 2. The largest absolute Gasteiger partial charge is 0.496 e. The molecule has 4 heterocycles. The van der Waals surface area contributed by atoms with Gasteiger partial charge in [-0.3, -0.25) is 4.90 Å². The van der Waals surface area contributed by atoms with Gasteiger partial charge in [0.15, 0.2) is 0 Å². The van der Waals surface area contributed by atoms with E-state index in [0.29, 0.717) is 37.0 Å². The zero-order valence-corrected chi connectivity index (χ0v) is 25.0. The van der Waals surface area contributed by atoms with Crippen molar-refractivity contribution < 1.29 is 41.9 Å². The van der Waals surface area contributed by atoms with E-state index >= 15 is 0 Å². The number of alkyl halides is 3. The molecular weight excluding hydrogens is 597 g/mol. The lowest BCUT2D eigenvalue weighted by molar-refractivity contribution is -0.192. The molecule has 15 heteroatoms. The summed E-state index contributed by atoms with van der Waals surface area (Å²) in [6.07, 6.45) is 1.27. The second-order valence-corrected chi connectivity index (χ2v) is 11.4. The molecular formula is C30H37F3N6O6. The number of aromatic nitrogens is 3. The van der Waals surface area contributed by atoms with Crippen molar-refractivity contribution in [1.29, 1.82) is 0 Å². The lowest BCUT2D eigenvalue weighted by atomic mass is 9.94. The molecule has 2 saturated heterocycles. The van der Waals surface area contributed by atoms with Gasteiger partial charge >= 0.3 is 18.2 Å². The molecule has 2 amide bonds. The first-order valence-electron chi connectivity index (χ1n) is 15.0. The Morgan fingerprint density at radius 2 is 1.76 bits per heavy atom. The summed E-state index contributed by atoms with van der Waals surface area (Å²) in [6, 6.07) is 9.67. The van der Waals surface area contributed by atoms with Crippen LogP contribution in [0, 0.1) is 0 Å². The minimum absolute atomic E-state index is 0.0324. The third kappa shape index (κ3) is 7.64. The van der Waals surface area contributed by atoms with E-state index in [0.717, 1.165) is 68.6 Å². The van der Waals surface area contributed by atoms with E-state index in [1.54, 1.807) is 7.11 Å². The number of aliphatic carboxylic acids is 1. The number of methoxy groups -OCH3 is 1. The van der Waals surface area contributed by atoms with Crippen LogP contribution in [0.25, 0.3) is 22.4 Å². The predicted octanol–water partition coefficient (Wildman–Crippen LogP) is 4.46. The van der Waals surface area contributed by atoms with Gasteiger partial charge in [-0.2, -0.15) is 18.2 Å². The van der Waals surface area contributed by atoms with Crippen molar-refractivity contribution in [3.63, 3.8) is 0 Å². The summed E-state index contributed by atoms with van der Waals surface area (Å²) in [7, 11) is 1.65. The number of carbonyl (C=O) groups is 2. The number of pyridine rings is 1. The summed E-state index contributed by atoms with van der Waals surface area (Å²) in [5.74, 6) is -0.742. The average Bonchev–Trinajstić information content (AvgIpc) is 3.75. The van der Waals surface area contributed by atoms with Crippen LogP contribution in [0.1, 0.15) is 50.3 Å². The Kier molecular flexibility index (Phi) is 10.1. The van der Waals surface area contributed by atoms with Crippen LogP contribution in [0.3, 0.4) is 0 Å². The zero-order chi connectivity index (χ0) is 32.0.